The van der Waals surface area contributed by atoms with Crippen molar-refractivity contribution in [3.8, 4) is 0 Å². The van der Waals surface area contributed by atoms with Gasteiger partial charge in [0.05, 0.1) is 12.1 Å². The van der Waals surface area contributed by atoms with Gasteiger partial charge in [0, 0.05) is 11.4 Å². The number of nitrogens with two attached hydrogens (primary N) is 1. The number of fused-ring (bicyclic) bond motifs is 1. The number of aliphatic hydroxyl groups is 1. The third-order valence-electron chi connectivity index (χ3n) is 2.34. The quantitative estimate of drug-likeness (QED) is 0.636. The van der Waals surface area contributed by atoms with Gasteiger partial charge in [-0.15, -0.1) is 0 Å². The number of aliphatic hydroxyl groups excluding tert-OH is 1. The summed E-state index contributed by atoms with van der Waals surface area (Å²) in [4.78, 5) is 0. The molecule has 12 heavy (non-hydrogen) atoms. The van der Waals surface area contributed by atoms with Crippen LogP contribution in [0.4, 0.5) is 0 Å². The lowest BCUT2D eigenvalue weighted by atomic mass is 10.1. The second-order valence-electron chi connectivity index (χ2n) is 3.10. The van der Waals surface area contributed by atoms with Crippen LogP contribution in [0.2, 0.25) is 5.02 Å². The summed E-state index contributed by atoms with van der Waals surface area (Å²) in [7, 11) is 0. The molecule has 0 aliphatic heterocycles. The molecule has 1 aliphatic carbocycles. The Morgan fingerprint density at radius 2 is 2.25 bits per heavy atom. The minimum atomic E-state index is -0.472. The summed E-state index contributed by atoms with van der Waals surface area (Å²) in [6.45, 7) is 0. The first-order valence-electron chi connectivity index (χ1n) is 3.91. The van der Waals surface area contributed by atoms with E-state index in [0.717, 1.165) is 11.1 Å². The van der Waals surface area contributed by atoms with E-state index in [-0.39, 0.29) is 6.04 Å². The first-order valence-corrected chi connectivity index (χ1v) is 4.29. The van der Waals surface area contributed by atoms with E-state index in [9.17, 15) is 5.11 Å². The van der Waals surface area contributed by atoms with Gasteiger partial charge in [0.2, 0.25) is 0 Å². The SMILES string of the molecule is NC1c2cccc(Cl)c2CC1O. The molecule has 64 valence electrons. The smallest absolute Gasteiger partial charge is 0.0773 e. The summed E-state index contributed by atoms with van der Waals surface area (Å²) >= 11 is 5.93. The molecule has 0 saturated heterocycles. The first kappa shape index (κ1) is 8.05. The number of hydrogen-bond acceptors (Lipinski definition) is 2. The van der Waals surface area contributed by atoms with E-state index in [1.54, 1.807) is 0 Å². The highest BCUT2D eigenvalue weighted by Crippen LogP contribution is 2.33. The minimum absolute atomic E-state index is 0.265. The zero-order valence-corrected chi connectivity index (χ0v) is 7.25. The molecule has 3 N–H and O–H groups in total. The van der Waals surface area contributed by atoms with Crippen LogP contribution in [0, 0.1) is 0 Å². The van der Waals surface area contributed by atoms with Gasteiger partial charge in [-0.1, -0.05) is 23.7 Å². The lowest BCUT2D eigenvalue weighted by Gasteiger charge is -2.07. The maximum atomic E-state index is 9.46. The van der Waals surface area contributed by atoms with Crippen LogP contribution in [0.25, 0.3) is 0 Å². The van der Waals surface area contributed by atoms with Crippen LogP contribution in [-0.2, 0) is 6.42 Å². The molecule has 0 fully saturated rings. The van der Waals surface area contributed by atoms with E-state index in [1.165, 1.54) is 0 Å². The molecular weight excluding hydrogens is 174 g/mol. The summed E-state index contributed by atoms with van der Waals surface area (Å²) in [6, 6.07) is 5.34. The Morgan fingerprint density at radius 1 is 1.50 bits per heavy atom. The fourth-order valence-corrected chi connectivity index (χ4v) is 1.91. The Labute approximate surface area is 76.0 Å². The van der Waals surface area contributed by atoms with Gasteiger partial charge in [0.25, 0.3) is 0 Å². The topological polar surface area (TPSA) is 46.2 Å². The van der Waals surface area contributed by atoms with Gasteiger partial charge in [0.15, 0.2) is 0 Å². The second-order valence-corrected chi connectivity index (χ2v) is 3.51. The maximum Gasteiger partial charge on any atom is 0.0773 e. The summed E-state index contributed by atoms with van der Waals surface area (Å²) in [6.07, 6.45) is 0.107. The Kier molecular flexibility index (Phi) is 1.83. The zero-order chi connectivity index (χ0) is 8.72. The molecule has 0 aromatic heterocycles. The van der Waals surface area contributed by atoms with Crippen LogP contribution < -0.4 is 5.73 Å². The van der Waals surface area contributed by atoms with Crippen LogP contribution in [-0.4, -0.2) is 11.2 Å². The van der Waals surface area contributed by atoms with Crippen molar-refractivity contribution in [1.29, 1.82) is 0 Å². The highest BCUT2D eigenvalue weighted by molar-refractivity contribution is 6.31. The van der Waals surface area contributed by atoms with Gasteiger partial charge in [-0.3, -0.25) is 0 Å². The van der Waals surface area contributed by atoms with Crippen LogP contribution in [0.5, 0.6) is 0 Å². The van der Waals surface area contributed by atoms with Gasteiger partial charge in [-0.05, 0) is 17.2 Å². The predicted molar refractivity (Wildman–Crippen MR) is 48.1 cm³/mol. The molecule has 1 aliphatic rings. The number of halogens is 1. The molecule has 2 nitrogen and oxygen atoms in total. The van der Waals surface area contributed by atoms with Crippen molar-refractivity contribution >= 4 is 11.6 Å². The van der Waals surface area contributed by atoms with Crippen molar-refractivity contribution in [3.05, 3.63) is 34.3 Å². The van der Waals surface area contributed by atoms with E-state index < -0.39 is 6.10 Å². The Morgan fingerprint density at radius 3 is 2.92 bits per heavy atom. The third-order valence-corrected chi connectivity index (χ3v) is 2.70. The lowest BCUT2D eigenvalue weighted by Crippen LogP contribution is -2.21. The molecular formula is C9H10ClNO. The Hall–Kier alpha value is -0.570. The molecule has 0 spiro atoms. The first-order chi connectivity index (χ1) is 5.70. The van der Waals surface area contributed by atoms with Gasteiger partial charge in [-0.25, -0.2) is 0 Å². The number of hydrogen-bond donors (Lipinski definition) is 2. The summed E-state index contributed by atoms with van der Waals surface area (Å²) in [5.74, 6) is 0. The molecule has 0 radical (unpaired) electrons. The molecule has 0 bridgehead atoms. The Bertz CT molecular complexity index is 313. The molecule has 2 rings (SSSR count). The van der Waals surface area contributed by atoms with Crippen molar-refractivity contribution in [2.45, 2.75) is 18.6 Å². The molecule has 0 saturated carbocycles. The van der Waals surface area contributed by atoms with Crippen molar-refractivity contribution in [2.75, 3.05) is 0 Å². The lowest BCUT2D eigenvalue weighted by molar-refractivity contribution is 0.158. The monoisotopic (exact) mass is 183 g/mol. The van der Waals surface area contributed by atoms with Crippen LogP contribution >= 0.6 is 11.6 Å². The highest BCUT2D eigenvalue weighted by atomic mass is 35.5. The van der Waals surface area contributed by atoms with Crippen molar-refractivity contribution in [3.63, 3.8) is 0 Å². The van der Waals surface area contributed by atoms with Crippen LogP contribution in [0.3, 0.4) is 0 Å². The molecule has 1 aromatic carbocycles. The van der Waals surface area contributed by atoms with E-state index >= 15 is 0 Å². The van der Waals surface area contributed by atoms with E-state index in [2.05, 4.69) is 0 Å². The van der Waals surface area contributed by atoms with Crippen LogP contribution in [0.1, 0.15) is 17.2 Å². The fraction of sp³-hybridized carbons (Fsp3) is 0.333. The maximum absolute atomic E-state index is 9.46. The zero-order valence-electron chi connectivity index (χ0n) is 6.50. The van der Waals surface area contributed by atoms with Crippen LogP contribution in [0.15, 0.2) is 18.2 Å². The molecule has 0 amide bonds. The van der Waals surface area contributed by atoms with Gasteiger partial charge < -0.3 is 10.8 Å². The van der Waals surface area contributed by atoms with Gasteiger partial charge >= 0.3 is 0 Å². The average Bonchev–Trinajstić information content (AvgIpc) is 2.32. The highest BCUT2D eigenvalue weighted by Gasteiger charge is 2.28. The van der Waals surface area contributed by atoms with Gasteiger partial charge in [0.1, 0.15) is 0 Å². The molecule has 0 heterocycles. The largest absolute Gasteiger partial charge is 0.391 e. The van der Waals surface area contributed by atoms with Crippen molar-refractivity contribution < 1.29 is 5.11 Å². The van der Waals surface area contributed by atoms with Crippen molar-refractivity contribution in [2.24, 2.45) is 5.73 Å². The average molecular weight is 184 g/mol. The summed E-state index contributed by atoms with van der Waals surface area (Å²) < 4.78 is 0. The van der Waals surface area contributed by atoms with E-state index in [0.29, 0.717) is 11.4 Å². The Balaban J connectivity index is 2.53. The van der Waals surface area contributed by atoms with E-state index in [1.807, 2.05) is 18.2 Å². The molecule has 2 unspecified atom stereocenters. The summed E-state index contributed by atoms with van der Waals surface area (Å²) in [5.41, 5.74) is 7.73. The number of rotatable bonds is 0. The van der Waals surface area contributed by atoms with Crippen molar-refractivity contribution in [1.82, 2.24) is 0 Å². The minimum Gasteiger partial charge on any atom is -0.391 e. The fourth-order valence-electron chi connectivity index (χ4n) is 1.65. The van der Waals surface area contributed by atoms with E-state index in [4.69, 9.17) is 17.3 Å². The molecule has 2 atom stereocenters. The van der Waals surface area contributed by atoms with Gasteiger partial charge in [-0.2, -0.15) is 0 Å². The molecule has 1 aromatic rings. The summed E-state index contributed by atoms with van der Waals surface area (Å²) in [5, 5.41) is 10.2. The predicted octanol–water partition coefficient (Wildman–Crippen LogP) is 1.26. The second kappa shape index (κ2) is 2.73. The molecule has 3 heteroatoms. The number of benzene rings is 1. The normalized spacial score (nSPS) is 27.2. The standard InChI is InChI=1S/C9H10ClNO/c10-7-3-1-2-5-6(7)4-8(12)9(5)11/h1-3,8-9,12H,4,11H2. The third kappa shape index (κ3) is 1.04.